The zero-order valence-corrected chi connectivity index (χ0v) is 19.8. The van der Waals surface area contributed by atoms with Crippen LogP contribution in [0.15, 0.2) is 41.6 Å². The third kappa shape index (κ3) is 5.18. The predicted octanol–water partition coefficient (Wildman–Crippen LogP) is 1.84. The van der Waals surface area contributed by atoms with Gasteiger partial charge in [0.25, 0.3) is 0 Å². The molecule has 9 nitrogen and oxygen atoms in total. The second kappa shape index (κ2) is 10.6. The first-order valence-corrected chi connectivity index (χ1v) is 11.9. The van der Waals surface area contributed by atoms with Crippen LogP contribution in [-0.4, -0.2) is 90.3 Å². The van der Waals surface area contributed by atoms with Crippen LogP contribution in [0.2, 0.25) is 0 Å². The number of rotatable bonds is 7. The highest BCUT2D eigenvalue weighted by Crippen LogP contribution is 2.47. The molecule has 1 aromatic carbocycles. The average molecular weight is 475 g/mol. The summed E-state index contributed by atoms with van der Waals surface area (Å²) in [4.78, 5) is 26.9. The average Bonchev–Trinajstić information content (AvgIpc) is 3.01. The van der Waals surface area contributed by atoms with E-state index in [1.54, 1.807) is 31.6 Å². The van der Waals surface area contributed by atoms with Crippen LogP contribution in [0.1, 0.15) is 12.8 Å². The van der Waals surface area contributed by atoms with Gasteiger partial charge >= 0.3 is 5.97 Å². The van der Waals surface area contributed by atoms with Crippen molar-refractivity contribution in [1.82, 2.24) is 14.9 Å². The van der Waals surface area contributed by atoms with E-state index < -0.39 is 16.8 Å². The van der Waals surface area contributed by atoms with Crippen molar-refractivity contribution in [1.29, 1.82) is 0 Å². The van der Waals surface area contributed by atoms with E-state index >= 15 is 0 Å². The quantitative estimate of drug-likeness (QED) is 0.599. The van der Waals surface area contributed by atoms with Crippen molar-refractivity contribution in [3.63, 3.8) is 0 Å². The van der Waals surface area contributed by atoms with Gasteiger partial charge in [0.05, 0.1) is 19.1 Å². The molecule has 1 saturated heterocycles. The Hall–Kier alpha value is -2.56. The topological polar surface area (TPSA) is 97.3 Å². The van der Waals surface area contributed by atoms with E-state index in [9.17, 15) is 9.90 Å². The SMILES string of the molecule is COC(=O)[C@]1(CCCN2CCN(c3ncccn3)CC2)Sc2cc(OC)ccc2OC[C@@H]1O. The van der Waals surface area contributed by atoms with Gasteiger partial charge in [-0.1, -0.05) is 0 Å². The number of methoxy groups -OCH3 is 2. The van der Waals surface area contributed by atoms with Crippen LogP contribution in [0, 0.1) is 0 Å². The summed E-state index contributed by atoms with van der Waals surface area (Å²) >= 11 is 1.31. The van der Waals surface area contributed by atoms with E-state index in [1.807, 2.05) is 12.1 Å². The zero-order chi connectivity index (χ0) is 23.3. The molecular formula is C23H30N4O5S. The number of fused-ring (bicyclic) bond motifs is 1. The second-order valence-electron chi connectivity index (χ2n) is 8.10. The van der Waals surface area contributed by atoms with Crippen LogP contribution in [0.3, 0.4) is 0 Å². The number of esters is 1. The number of carbonyl (C=O) groups is 1. The summed E-state index contributed by atoms with van der Waals surface area (Å²) in [5.41, 5.74) is 0. The standard InChI is InChI=1S/C23H30N4O5S/c1-30-17-5-6-18-19(15-17)33-23(21(29)31-2,20(28)16-32-18)7-3-10-26-11-13-27(14-12-26)22-24-8-4-9-25-22/h4-6,8-9,15,20,28H,3,7,10-14,16H2,1-2H3/t20-,23+/m0/s1. The number of anilines is 1. The van der Waals surface area contributed by atoms with Crippen molar-refractivity contribution in [3.05, 3.63) is 36.7 Å². The molecule has 33 heavy (non-hydrogen) atoms. The van der Waals surface area contributed by atoms with E-state index in [2.05, 4.69) is 19.8 Å². The molecule has 0 aliphatic carbocycles. The lowest BCUT2D eigenvalue weighted by Gasteiger charge is -2.36. The van der Waals surface area contributed by atoms with Crippen molar-refractivity contribution in [2.75, 3.05) is 58.5 Å². The third-order valence-corrected chi connectivity index (χ3v) is 7.68. The lowest BCUT2D eigenvalue weighted by Crippen LogP contribution is -2.50. The second-order valence-corrected chi connectivity index (χ2v) is 9.48. The van der Waals surface area contributed by atoms with Gasteiger partial charge in [-0.15, -0.1) is 11.8 Å². The van der Waals surface area contributed by atoms with Crippen molar-refractivity contribution in [3.8, 4) is 11.5 Å². The Balaban J connectivity index is 1.41. The van der Waals surface area contributed by atoms with Crippen LogP contribution >= 0.6 is 11.8 Å². The molecule has 1 fully saturated rings. The minimum absolute atomic E-state index is 0.0250. The maximum absolute atomic E-state index is 13.0. The lowest BCUT2D eigenvalue weighted by atomic mass is 9.95. The molecule has 2 aliphatic rings. The number of aromatic nitrogens is 2. The molecule has 2 aliphatic heterocycles. The third-order valence-electron chi connectivity index (χ3n) is 6.14. The molecule has 2 aromatic rings. The number of aliphatic hydroxyl groups is 1. The highest BCUT2D eigenvalue weighted by molar-refractivity contribution is 8.01. The number of piperazine rings is 1. The fraction of sp³-hybridized carbons (Fsp3) is 0.522. The molecule has 2 atom stereocenters. The molecule has 3 heterocycles. The maximum atomic E-state index is 13.0. The first-order valence-electron chi connectivity index (χ1n) is 11.1. The molecule has 0 spiro atoms. The number of nitrogens with zero attached hydrogens (tertiary/aromatic N) is 4. The summed E-state index contributed by atoms with van der Waals surface area (Å²) in [7, 11) is 2.95. The summed E-state index contributed by atoms with van der Waals surface area (Å²) < 4.78 is 15.1. The van der Waals surface area contributed by atoms with E-state index in [0.29, 0.717) is 17.9 Å². The minimum atomic E-state index is -1.15. The number of aliphatic hydroxyl groups excluding tert-OH is 1. The number of carbonyl (C=O) groups excluding carboxylic acids is 1. The molecule has 0 saturated carbocycles. The fourth-order valence-electron chi connectivity index (χ4n) is 4.24. The minimum Gasteiger partial charge on any atom is -0.497 e. The first-order chi connectivity index (χ1) is 16.1. The van der Waals surface area contributed by atoms with Gasteiger partial charge in [0.1, 0.15) is 29.0 Å². The van der Waals surface area contributed by atoms with Gasteiger partial charge in [0, 0.05) is 38.6 Å². The zero-order valence-electron chi connectivity index (χ0n) is 19.0. The highest BCUT2D eigenvalue weighted by Gasteiger charge is 2.49. The largest absolute Gasteiger partial charge is 0.497 e. The summed E-state index contributed by atoms with van der Waals surface area (Å²) in [5.74, 6) is 1.62. The molecule has 0 unspecified atom stereocenters. The van der Waals surface area contributed by atoms with Gasteiger partial charge in [-0.05, 0) is 43.7 Å². The summed E-state index contributed by atoms with van der Waals surface area (Å²) in [6.07, 6.45) is 3.72. The Labute approximate surface area is 198 Å². The first kappa shape index (κ1) is 23.6. The van der Waals surface area contributed by atoms with Gasteiger partial charge in [0.2, 0.25) is 5.95 Å². The Morgan fingerprint density at radius 2 is 2.00 bits per heavy atom. The van der Waals surface area contributed by atoms with Gasteiger partial charge in [-0.3, -0.25) is 9.69 Å². The number of thioether (sulfide) groups is 1. The Morgan fingerprint density at radius 3 is 2.70 bits per heavy atom. The van der Waals surface area contributed by atoms with Crippen LogP contribution in [0.4, 0.5) is 5.95 Å². The molecule has 178 valence electrons. The number of ether oxygens (including phenoxy) is 3. The number of hydrogen-bond donors (Lipinski definition) is 1. The Kier molecular flexibility index (Phi) is 7.56. The highest BCUT2D eigenvalue weighted by atomic mass is 32.2. The van der Waals surface area contributed by atoms with Crippen LogP contribution < -0.4 is 14.4 Å². The van der Waals surface area contributed by atoms with Crippen LogP contribution in [-0.2, 0) is 9.53 Å². The van der Waals surface area contributed by atoms with E-state index in [-0.39, 0.29) is 6.61 Å². The molecule has 10 heteroatoms. The maximum Gasteiger partial charge on any atom is 0.325 e. The van der Waals surface area contributed by atoms with Crippen molar-refractivity contribution < 1.29 is 24.1 Å². The Morgan fingerprint density at radius 1 is 1.24 bits per heavy atom. The smallest absolute Gasteiger partial charge is 0.325 e. The summed E-state index contributed by atoms with van der Waals surface area (Å²) in [5, 5.41) is 11.0. The molecule has 0 amide bonds. The number of hydrogen-bond acceptors (Lipinski definition) is 10. The van der Waals surface area contributed by atoms with Crippen molar-refractivity contribution in [2.24, 2.45) is 0 Å². The molecule has 1 N–H and O–H groups in total. The molecule has 1 aromatic heterocycles. The van der Waals surface area contributed by atoms with Crippen molar-refractivity contribution >= 4 is 23.7 Å². The van der Waals surface area contributed by atoms with Crippen LogP contribution in [0.25, 0.3) is 0 Å². The molecular weight excluding hydrogens is 444 g/mol. The molecule has 4 rings (SSSR count). The van der Waals surface area contributed by atoms with Crippen LogP contribution in [0.5, 0.6) is 11.5 Å². The predicted molar refractivity (Wildman–Crippen MR) is 125 cm³/mol. The van der Waals surface area contributed by atoms with E-state index in [4.69, 9.17) is 14.2 Å². The van der Waals surface area contributed by atoms with Gasteiger partial charge < -0.3 is 24.2 Å². The van der Waals surface area contributed by atoms with Gasteiger partial charge in [-0.2, -0.15) is 0 Å². The van der Waals surface area contributed by atoms with E-state index in [0.717, 1.165) is 50.0 Å². The Bertz CT molecular complexity index is 942. The summed E-state index contributed by atoms with van der Waals surface area (Å²) in [6, 6.07) is 7.26. The van der Waals surface area contributed by atoms with Gasteiger partial charge in [-0.25, -0.2) is 9.97 Å². The van der Waals surface area contributed by atoms with E-state index in [1.165, 1.54) is 18.9 Å². The normalized spacial score (nSPS) is 23.2. The fourth-order valence-corrected chi connectivity index (χ4v) is 5.66. The number of benzene rings is 1. The lowest BCUT2D eigenvalue weighted by molar-refractivity contribution is -0.147. The molecule has 0 radical (unpaired) electrons. The molecule has 0 bridgehead atoms. The van der Waals surface area contributed by atoms with Crippen molar-refractivity contribution in [2.45, 2.75) is 28.6 Å². The summed E-state index contributed by atoms with van der Waals surface area (Å²) in [6.45, 7) is 4.33. The van der Waals surface area contributed by atoms with Gasteiger partial charge in [0.15, 0.2) is 0 Å². The monoisotopic (exact) mass is 474 g/mol.